The third-order valence-electron chi connectivity index (χ3n) is 3.32. The van der Waals surface area contributed by atoms with Crippen LogP contribution in [-0.2, 0) is 5.75 Å². The van der Waals surface area contributed by atoms with Gasteiger partial charge in [-0.2, -0.15) is 4.98 Å². The molecule has 0 aliphatic carbocycles. The molecular formula is C16H18N4OS. The van der Waals surface area contributed by atoms with E-state index in [1.165, 1.54) is 11.3 Å². The molecule has 0 atom stereocenters. The van der Waals surface area contributed by atoms with Crippen LogP contribution >= 0.6 is 11.8 Å². The van der Waals surface area contributed by atoms with E-state index in [2.05, 4.69) is 57.8 Å². The highest BCUT2D eigenvalue weighted by Crippen LogP contribution is 2.28. The summed E-state index contributed by atoms with van der Waals surface area (Å²) in [7, 11) is 0. The second-order valence-corrected chi connectivity index (χ2v) is 6.26. The summed E-state index contributed by atoms with van der Waals surface area (Å²) in [5.41, 5.74) is 2.47. The zero-order chi connectivity index (χ0) is 15.5. The molecule has 22 heavy (non-hydrogen) atoms. The Bertz CT molecular complexity index is 763. The summed E-state index contributed by atoms with van der Waals surface area (Å²) in [6.07, 6.45) is 3.81. The van der Waals surface area contributed by atoms with Crippen LogP contribution in [0, 0.1) is 6.92 Å². The smallest absolute Gasteiger partial charge is 0.237 e. The van der Waals surface area contributed by atoms with E-state index in [1.807, 2.05) is 19.3 Å². The molecule has 2 aromatic heterocycles. The number of nitrogens with zero attached hydrogens (tertiary/aromatic N) is 4. The normalized spacial score (nSPS) is 11.3. The van der Waals surface area contributed by atoms with Crippen molar-refractivity contribution in [2.45, 2.75) is 37.6 Å². The summed E-state index contributed by atoms with van der Waals surface area (Å²) < 4.78 is 7.27. The molecule has 0 saturated heterocycles. The zero-order valence-corrected chi connectivity index (χ0v) is 13.7. The molecule has 0 saturated carbocycles. The SMILES string of the molecule is Cc1noc(CSc2nccn2-c2ccccc2C(C)C)n1. The average molecular weight is 314 g/mol. The maximum absolute atomic E-state index is 5.15. The van der Waals surface area contributed by atoms with E-state index in [1.54, 1.807) is 11.8 Å². The van der Waals surface area contributed by atoms with E-state index >= 15 is 0 Å². The Morgan fingerprint density at radius 1 is 1.27 bits per heavy atom. The number of thioether (sulfide) groups is 1. The number of rotatable bonds is 5. The van der Waals surface area contributed by atoms with Crippen molar-refractivity contribution in [2.75, 3.05) is 0 Å². The van der Waals surface area contributed by atoms with Crippen molar-refractivity contribution in [3.63, 3.8) is 0 Å². The molecule has 0 aliphatic rings. The van der Waals surface area contributed by atoms with E-state index in [-0.39, 0.29) is 0 Å². The van der Waals surface area contributed by atoms with Crippen LogP contribution in [0.2, 0.25) is 0 Å². The monoisotopic (exact) mass is 314 g/mol. The molecule has 3 rings (SSSR count). The predicted octanol–water partition coefficient (Wildman–Crippen LogP) is 3.98. The first-order valence-electron chi connectivity index (χ1n) is 7.20. The number of imidazole rings is 1. The van der Waals surface area contributed by atoms with Gasteiger partial charge in [0, 0.05) is 12.4 Å². The van der Waals surface area contributed by atoms with Crippen LogP contribution in [0.1, 0.15) is 37.0 Å². The Balaban J connectivity index is 1.86. The Hall–Kier alpha value is -2.08. The molecule has 6 heteroatoms. The lowest BCUT2D eigenvalue weighted by Gasteiger charge is -2.14. The third kappa shape index (κ3) is 3.06. The van der Waals surface area contributed by atoms with Gasteiger partial charge in [0.25, 0.3) is 0 Å². The molecule has 0 N–H and O–H groups in total. The summed E-state index contributed by atoms with van der Waals surface area (Å²) in [6, 6.07) is 8.41. The summed E-state index contributed by atoms with van der Waals surface area (Å²) in [4.78, 5) is 8.67. The maximum atomic E-state index is 5.15. The van der Waals surface area contributed by atoms with Gasteiger partial charge in [0.1, 0.15) is 0 Å². The van der Waals surface area contributed by atoms with Crippen LogP contribution < -0.4 is 0 Å². The Morgan fingerprint density at radius 2 is 2.09 bits per heavy atom. The van der Waals surface area contributed by atoms with Gasteiger partial charge >= 0.3 is 0 Å². The molecule has 1 aromatic carbocycles. The predicted molar refractivity (Wildman–Crippen MR) is 86.2 cm³/mol. The van der Waals surface area contributed by atoms with Gasteiger partial charge in [-0.15, -0.1) is 0 Å². The Labute approximate surface area is 133 Å². The van der Waals surface area contributed by atoms with Crippen molar-refractivity contribution in [3.05, 3.63) is 53.9 Å². The van der Waals surface area contributed by atoms with Crippen LogP contribution in [0.25, 0.3) is 5.69 Å². The molecule has 0 radical (unpaired) electrons. The Kier molecular flexibility index (Phi) is 4.29. The molecule has 114 valence electrons. The topological polar surface area (TPSA) is 56.7 Å². The third-order valence-corrected chi connectivity index (χ3v) is 4.27. The number of hydrogen-bond acceptors (Lipinski definition) is 5. The minimum absolute atomic E-state index is 0.454. The first kappa shape index (κ1) is 14.8. The number of para-hydroxylation sites is 1. The molecule has 2 heterocycles. The van der Waals surface area contributed by atoms with Crippen LogP contribution in [-0.4, -0.2) is 19.7 Å². The van der Waals surface area contributed by atoms with Crippen LogP contribution in [0.15, 0.2) is 46.3 Å². The standard InChI is InChI=1S/C16H18N4OS/c1-11(2)13-6-4-5-7-14(13)20-9-8-17-16(20)22-10-15-18-12(3)19-21-15/h4-9,11H,10H2,1-3H3. The summed E-state index contributed by atoms with van der Waals surface area (Å²) in [5, 5.41) is 4.73. The van der Waals surface area contributed by atoms with Gasteiger partial charge in [0.15, 0.2) is 11.0 Å². The fourth-order valence-electron chi connectivity index (χ4n) is 2.30. The molecule has 0 aliphatic heterocycles. The highest BCUT2D eigenvalue weighted by Gasteiger charge is 2.13. The van der Waals surface area contributed by atoms with Crippen molar-refractivity contribution in [3.8, 4) is 5.69 Å². The van der Waals surface area contributed by atoms with Crippen LogP contribution in [0.3, 0.4) is 0 Å². The maximum Gasteiger partial charge on any atom is 0.237 e. The van der Waals surface area contributed by atoms with Gasteiger partial charge in [-0.25, -0.2) is 4.98 Å². The number of aromatic nitrogens is 4. The number of hydrogen-bond donors (Lipinski definition) is 0. The first-order valence-corrected chi connectivity index (χ1v) is 8.18. The minimum Gasteiger partial charge on any atom is -0.338 e. The molecular weight excluding hydrogens is 296 g/mol. The first-order chi connectivity index (χ1) is 10.6. The van der Waals surface area contributed by atoms with E-state index in [0.29, 0.717) is 23.4 Å². The zero-order valence-electron chi connectivity index (χ0n) is 12.9. The molecule has 0 amide bonds. The fraction of sp³-hybridized carbons (Fsp3) is 0.312. The van der Waals surface area contributed by atoms with Gasteiger partial charge in [0.2, 0.25) is 5.89 Å². The van der Waals surface area contributed by atoms with Gasteiger partial charge in [-0.05, 0) is 24.5 Å². The second kappa shape index (κ2) is 6.36. The van der Waals surface area contributed by atoms with Crippen LogP contribution in [0.5, 0.6) is 0 Å². The summed E-state index contributed by atoms with van der Waals surface area (Å²) >= 11 is 1.59. The van der Waals surface area contributed by atoms with E-state index < -0.39 is 0 Å². The quantitative estimate of drug-likeness (QED) is 0.667. The largest absolute Gasteiger partial charge is 0.338 e. The lowest BCUT2D eigenvalue weighted by molar-refractivity contribution is 0.387. The van der Waals surface area contributed by atoms with E-state index in [0.717, 1.165) is 5.16 Å². The molecule has 5 nitrogen and oxygen atoms in total. The molecule has 0 fully saturated rings. The van der Waals surface area contributed by atoms with Gasteiger partial charge < -0.3 is 4.52 Å². The summed E-state index contributed by atoms with van der Waals surface area (Å²) in [5.74, 6) is 2.34. The molecule has 0 spiro atoms. The van der Waals surface area contributed by atoms with Crippen molar-refractivity contribution < 1.29 is 4.52 Å². The number of aryl methyl sites for hydroxylation is 1. The average Bonchev–Trinajstić information content (AvgIpc) is 3.13. The molecule has 3 aromatic rings. The van der Waals surface area contributed by atoms with Crippen LogP contribution in [0.4, 0.5) is 0 Å². The second-order valence-electron chi connectivity index (χ2n) is 5.32. The summed E-state index contributed by atoms with van der Waals surface area (Å²) in [6.45, 7) is 6.21. The van der Waals surface area contributed by atoms with Gasteiger partial charge in [-0.3, -0.25) is 4.57 Å². The Morgan fingerprint density at radius 3 is 2.82 bits per heavy atom. The van der Waals surface area contributed by atoms with Crippen molar-refractivity contribution >= 4 is 11.8 Å². The van der Waals surface area contributed by atoms with Crippen molar-refractivity contribution in [1.29, 1.82) is 0 Å². The van der Waals surface area contributed by atoms with Gasteiger partial charge in [0.05, 0.1) is 11.4 Å². The van der Waals surface area contributed by atoms with Crippen molar-refractivity contribution in [1.82, 2.24) is 19.7 Å². The number of benzene rings is 1. The highest BCUT2D eigenvalue weighted by atomic mass is 32.2. The fourth-order valence-corrected chi connectivity index (χ4v) is 3.10. The van der Waals surface area contributed by atoms with Crippen molar-refractivity contribution in [2.24, 2.45) is 0 Å². The van der Waals surface area contributed by atoms with Gasteiger partial charge in [-0.1, -0.05) is 49.0 Å². The van der Waals surface area contributed by atoms with E-state index in [9.17, 15) is 0 Å². The lowest BCUT2D eigenvalue weighted by Crippen LogP contribution is -2.01. The highest BCUT2D eigenvalue weighted by molar-refractivity contribution is 7.98. The minimum atomic E-state index is 0.454. The molecule has 0 bridgehead atoms. The molecule has 0 unspecified atom stereocenters. The van der Waals surface area contributed by atoms with E-state index in [4.69, 9.17) is 4.52 Å². The lowest BCUT2D eigenvalue weighted by atomic mass is 10.0.